The molecule has 0 spiro atoms. The smallest absolute Gasteiger partial charge is 0.458 e. The van der Waals surface area contributed by atoms with Gasteiger partial charge in [0.2, 0.25) is 29.5 Å². The van der Waals surface area contributed by atoms with Gasteiger partial charge < -0.3 is 45.2 Å². The normalized spacial score (nSPS) is 27.4. The van der Waals surface area contributed by atoms with Crippen LogP contribution in [0.5, 0.6) is 5.75 Å². The lowest BCUT2D eigenvalue weighted by molar-refractivity contribution is -0.274. The van der Waals surface area contributed by atoms with Gasteiger partial charge in [0.05, 0.1) is 6.04 Å². The van der Waals surface area contributed by atoms with Crippen molar-refractivity contribution in [2.75, 3.05) is 25.0 Å². The van der Waals surface area contributed by atoms with Gasteiger partial charge in [-0.1, -0.05) is 6.92 Å². The standard InChI is InChI=1S/C41H50F5N7O9/c1-21-15-32-39(59)61-23(3)33(38(58)52-14-6-8-31(52)37(57)51-13-5-4-7-30(51)35(55)47-22(2)36(56)53(32)20-21)50-34(54)29(18-24-16-25(42)19-26(43)17-24)49-40(60)48-27-9-11-28(12-10-27)62-41(44,45)46/h9-12,16-17,19,21-23,29-33,40,48-49,60H,4-8,13-15,18,20H2,1-3H3,(H,47,55)(H,50,54)/t21-,22-,23-,29-,30-,31-,32-,33-,40?/m0/s1. The molecule has 21 heteroatoms. The minimum absolute atomic E-state index is 0.0561. The van der Waals surface area contributed by atoms with Gasteiger partial charge in [-0.15, -0.1) is 13.2 Å². The summed E-state index contributed by atoms with van der Waals surface area (Å²) in [4.78, 5) is 88.8. The van der Waals surface area contributed by atoms with E-state index in [1.165, 1.54) is 28.5 Å². The third kappa shape index (κ3) is 11.1. The molecule has 0 aromatic heterocycles. The number of aliphatic hydroxyl groups excluding tert-OH is 1. The van der Waals surface area contributed by atoms with Crippen molar-refractivity contribution in [3.05, 3.63) is 59.7 Å². The maximum Gasteiger partial charge on any atom is 0.573 e. The third-order valence-electron chi connectivity index (χ3n) is 11.5. The average molecular weight is 880 g/mol. The number of hydrogen-bond donors (Lipinski definition) is 5. The number of ether oxygens (including phenoxy) is 2. The summed E-state index contributed by atoms with van der Waals surface area (Å²) in [5.41, 5.74) is 0.00418. The molecule has 2 aromatic rings. The number of carbonyl (C=O) groups excluding carboxylic acids is 6. The quantitative estimate of drug-likeness (QED) is 0.141. The van der Waals surface area contributed by atoms with Gasteiger partial charge in [0, 0.05) is 31.4 Å². The lowest BCUT2D eigenvalue weighted by Gasteiger charge is -2.39. The number of nitrogens with one attached hydrogen (secondary N) is 4. The summed E-state index contributed by atoms with van der Waals surface area (Å²) in [7, 11) is 0. The Bertz CT molecular complexity index is 1990. The highest BCUT2D eigenvalue weighted by Crippen LogP contribution is 2.29. The minimum Gasteiger partial charge on any atom is -0.458 e. The topological polar surface area (TPSA) is 199 Å². The molecular weight excluding hydrogens is 829 g/mol. The first kappa shape index (κ1) is 45.9. The number of esters is 1. The second kappa shape index (κ2) is 19.2. The molecule has 4 fully saturated rings. The molecule has 338 valence electrons. The van der Waals surface area contributed by atoms with Gasteiger partial charge in [0.15, 0.2) is 6.35 Å². The van der Waals surface area contributed by atoms with Gasteiger partial charge in [-0.25, -0.2) is 13.6 Å². The lowest BCUT2D eigenvalue weighted by Crippen LogP contribution is -2.63. The number of anilines is 1. The first-order valence-corrected chi connectivity index (χ1v) is 20.5. The van der Waals surface area contributed by atoms with Gasteiger partial charge >= 0.3 is 12.3 Å². The van der Waals surface area contributed by atoms with Gasteiger partial charge in [-0.05, 0) is 107 Å². The van der Waals surface area contributed by atoms with Gasteiger partial charge in [-0.2, -0.15) is 0 Å². The van der Waals surface area contributed by atoms with Crippen molar-refractivity contribution in [3.8, 4) is 5.75 Å². The molecule has 4 heterocycles. The highest BCUT2D eigenvalue weighted by atomic mass is 19.4. The third-order valence-corrected chi connectivity index (χ3v) is 11.5. The second-order valence-electron chi connectivity index (χ2n) is 16.3. The van der Waals surface area contributed by atoms with E-state index in [1.807, 2.05) is 6.92 Å². The van der Waals surface area contributed by atoms with Gasteiger partial charge in [-0.3, -0.25) is 29.3 Å². The van der Waals surface area contributed by atoms with Crippen molar-refractivity contribution >= 4 is 41.2 Å². The van der Waals surface area contributed by atoms with Gasteiger partial charge in [0.25, 0.3) is 0 Å². The zero-order valence-corrected chi connectivity index (χ0v) is 34.3. The van der Waals surface area contributed by atoms with Crippen LogP contribution in [0.1, 0.15) is 64.9 Å². The Morgan fingerprint density at radius 2 is 1.52 bits per heavy atom. The number of alkyl halides is 3. The van der Waals surface area contributed by atoms with Crippen molar-refractivity contribution in [2.24, 2.45) is 5.92 Å². The maximum absolute atomic E-state index is 14.7. The number of hydrogen-bond acceptors (Lipinski definition) is 11. The van der Waals surface area contributed by atoms with Crippen LogP contribution < -0.4 is 26.0 Å². The maximum atomic E-state index is 14.7. The molecule has 4 saturated heterocycles. The van der Waals surface area contributed by atoms with Crippen LogP contribution in [-0.2, 0) is 39.9 Å². The molecule has 9 atom stereocenters. The molecule has 4 aliphatic heterocycles. The largest absolute Gasteiger partial charge is 0.573 e. The number of fused-ring (bicyclic) bond motifs is 3. The van der Waals surface area contributed by atoms with Crippen molar-refractivity contribution < 1.29 is 65.3 Å². The predicted molar refractivity (Wildman–Crippen MR) is 208 cm³/mol. The van der Waals surface area contributed by atoms with E-state index in [-0.39, 0.29) is 49.6 Å². The molecule has 1 unspecified atom stereocenters. The fraction of sp³-hybridized carbons (Fsp3) is 0.561. The summed E-state index contributed by atoms with van der Waals surface area (Å²) in [5, 5.41) is 21.4. The molecule has 0 bridgehead atoms. The van der Waals surface area contributed by atoms with Crippen LogP contribution >= 0.6 is 0 Å². The molecule has 0 aliphatic carbocycles. The molecule has 5 amide bonds. The molecule has 16 nitrogen and oxygen atoms in total. The van der Waals surface area contributed by atoms with Crippen molar-refractivity contribution in [1.82, 2.24) is 30.7 Å². The van der Waals surface area contributed by atoms with E-state index >= 15 is 0 Å². The summed E-state index contributed by atoms with van der Waals surface area (Å²) in [5.74, 6) is -7.02. The summed E-state index contributed by atoms with van der Waals surface area (Å²) in [6, 6.07) is -0.778. The van der Waals surface area contributed by atoms with E-state index in [4.69, 9.17) is 4.74 Å². The highest BCUT2D eigenvalue weighted by Gasteiger charge is 2.47. The van der Waals surface area contributed by atoms with Crippen LogP contribution in [0.25, 0.3) is 0 Å². The van der Waals surface area contributed by atoms with Crippen molar-refractivity contribution in [1.29, 1.82) is 0 Å². The van der Waals surface area contributed by atoms with Crippen LogP contribution in [0.4, 0.5) is 27.6 Å². The number of carbonyl (C=O) groups is 6. The summed E-state index contributed by atoms with van der Waals surface area (Å²) in [6.45, 7) is 5.10. The van der Waals surface area contributed by atoms with Crippen LogP contribution in [0.15, 0.2) is 42.5 Å². The lowest BCUT2D eigenvalue weighted by atomic mass is 9.99. The zero-order chi connectivity index (χ0) is 45.0. The number of rotatable bonds is 9. The van der Waals surface area contributed by atoms with Crippen LogP contribution in [0.2, 0.25) is 0 Å². The van der Waals surface area contributed by atoms with E-state index < -0.39 is 114 Å². The summed E-state index contributed by atoms with van der Waals surface area (Å²) in [6.07, 6.45) is -6.42. The van der Waals surface area contributed by atoms with Crippen molar-refractivity contribution in [3.63, 3.8) is 0 Å². The fourth-order valence-corrected chi connectivity index (χ4v) is 8.56. The number of halogens is 5. The van der Waals surface area contributed by atoms with Crippen LogP contribution in [0.3, 0.4) is 0 Å². The molecule has 0 radical (unpaired) electrons. The number of amides is 5. The number of nitrogens with zero attached hydrogens (tertiary/aromatic N) is 3. The van der Waals surface area contributed by atoms with Gasteiger partial charge in [0.1, 0.15) is 53.7 Å². The Hall–Kier alpha value is -5.57. The summed E-state index contributed by atoms with van der Waals surface area (Å²) >= 11 is 0. The highest BCUT2D eigenvalue weighted by molar-refractivity contribution is 5.97. The van der Waals surface area contributed by atoms with Crippen LogP contribution in [-0.4, -0.2) is 130 Å². The molecule has 0 saturated carbocycles. The Kier molecular flexibility index (Phi) is 14.2. The Balaban J connectivity index is 1.31. The van der Waals surface area contributed by atoms with Crippen LogP contribution in [0, 0.1) is 17.6 Å². The number of cyclic esters (lactones) is 1. The molecule has 62 heavy (non-hydrogen) atoms. The Morgan fingerprint density at radius 3 is 2.19 bits per heavy atom. The molecule has 2 aromatic carbocycles. The van der Waals surface area contributed by atoms with E-state index in [0.717, 1.165) is 36.4 Å². The first-order chi connectivity index (χ1) is 29.3. The van der Waals surface area contributed by atoms with E-state index in [0.29, 0.717) is 31.7 Å². The molecular formula is C41H50F5N7O9. The number of benzene rings is 2. The molecule has 4 aliphatic rings. The molecule has 5 N–H and O–H groups in total. The average Bonchev–Trinajstić information content (AvgIpc) is 3.85. The number of aliphatic hydroxyl groups is 1. The Morgan fingerprint density at radius 1 is 0.871 bits per heavy atom. The predicted octanol–water partition coefficient (Wildman–Crippen LogP) is 2.30. The Labute approximate surface area is 353 Å². The van der Waals surface area contributed by atoms with E-state index in [2.05, 4.69) is 26.0 Å². The zero-order valence-electron chi connectivity index (χ0n) is 34.3. The SMILES string of the molecule is C[C@H]1C[C@H]2C(=O)O[C@@H](C)[C@H](NC(=O)[C@H](Cc3cc(F)cc(F)c3)NC(O)Nc3ccc(OC(F)(F)F)cc3)C(=O)N3CCC[C@H]3C(=O)N3CCCC[C@H]3C(=O)N[C@@H](C)C(=O)N2C1. The van der Waals surface area contributed by atoms with E-state index in [9.17, 15) is 55.8 Å². The van der Waals surface area contributed by atoms with E-state index in [1.54, 1.807) is 0 Å². The monoisotopic (exact) mass is 879 g/mol. The summed E-state index contributed by atoms with van der Waals surface area (Å²) < 4.78 is 76.5. The minimum atomic E-state index is -4.96. The van der Waals surface area contributed by atoms with Crippen molar-refractivity contribution in [2.45, 2.75) is 121 Å². The first-order valence-electron chi connectivity index (χ1n) is 20.5. The fourth-order valence-electron chi connectivity index (χ4n) is 8.56. The second-order valence-corrected chi connectivity index (χ2v) is 16.3. The number of piperidine rings is 1. The molecule has 6 rings (SSSR count).